The van der Waals surface area contributed by atoms with Crippen LogP contribution < -0.4 is 10.6 Å². The number of nitrogens with one attached hydrogen (secondary N) is 2. The van der Waals surface area contributed by atoms with E-state index in [1.807, 2.05) is 31.3 Å². The van der Waals surface area contributed by atoms with Gasteiger partial charge in [-0.3, -0.25) is 9.79 Å². The Hall–Kier alpha value is -2.13. The number of hydrogen-bond donors (Lipinski definition) is 2. The van der Waals surface area contributed by atoms with Crippen molar-refractivity contribution in [2.24, 2.45) is 4.99 Å². The number of carbonyl (C=O) groups excluding carboxylic acids is 1. The highest BCUT2D eigenvalue weighted by Crippen LogP contribution is 2.16. The molecule has 1 unspecified atom stereocenters. The van der Waals surface area contributed by atoms with Gasteiger partial charge >= 0.3 is 0 Å². The number of ether oxygens (including phenoxy) is 1. The monoisotopic (exact) mass is 522 g/mol. The van der Waals surface area contributed by atoms with E-state index in [9.17, 15) is 4.79 Å². The Kier molecular flexibility index (Phi) is 9.58. The van der Waals surface area contributed by atoms with Gasteiger partial charge in [0.25, 0.3) is 5.91 Å². The Morgan fingerprint density at radius 2 is 1.97 bits per heavy atom. The molecule has 2 N–H and O–H groups in total. The fraction of sp³-hybridized carbons (Fsp3) is 0.391. The fourth-order valence-electron chi connectivity index (χ4n) is 3.37. The summed E-state index contributed by atoms with van der Waals surface area (Å²) >= 11 is 0. The lowest BCUT2D eigenvalue weighted by molar-refractivity contribution is -0.124. The lowest BCUT2D eigenvalue weighted by Crippen LogP contribution is -2.38. The summed E-state index contributed by atoms with van der Waals surface area (Å²) in [5.74, 6) is 0.751. The number of rotatable bonds is 6. The Morgan fingerprint density at radius 3 is 2.63 bits per heavy atom. The molecule has 1 saturated heterocycles. The first kappa shape index (κ1) is 24.1. The number of aliphatic imine (C=N–C) groups is 1. The number of aryl methyl sites for hydroxylation is 1. The molecule has 7 heteroatoms. The molecule has 0 spiro atoms. The van der Waals surface area contributed by atoms with Gasteiger partial charge in [-0.1, -0.05) is 42.0 Å². The van der Waals surface area contributed by atoms with Crippen LogP contribution in [0.1, 0.15) is 29.5 Å². The summed E-state index contributed by atoms with van der Waals surface area (Å²) < 4.78 is 5.45. The Balaban J connectivity index is 0.00000320. The van der Waals surface area contributed by atoms with Crippen molar-refractivity contribution in [1.82, 2.24) is 10.2 Å². The first-order valence-corrected chi connectivity index (χ1v) is 10.0. The summed E-state index contributed by atoms with van der Waals surface area (Å²) in [4.78, 5) is 18.7. The van der Waals surface area contributed by atoms with E-state index in [0.29, 0.717) is 13.2 Å². The lowest BCUT2D eigenvalue weighted by Gasteiger charge is -2.22. The third-order valence-corrected chi connectivity index (χ3v) is 4.98. The van der Waals surface area contributed by atoms with E-state index in [-0.39, 0.29) is 36.0 Å². The van der Waals surface area contributed by atoms with Gasteiger partial charge in [0.1, 0.15) is 6.10 Å². The Bertz CT molecular complexity index is 849. The number of anilines is 1. The van der Waals surface area contributed by atoms with Crippen LogP contribution in [-0.4, -0.2) is 43.6 Å². The van der Waals surface area contributed by atoms with Gasteiger partial charge in [0.2, 0.25) is 0 Å². The molecular formula is C23H31IN4O2. The van der Waals surface area contributed by atoms with E-state index in [2.05, 4.69) is 51.7 Å². The number of carbonyl (C=O) groups is 1. The van der Waals surface area contributed by atoms with Crippen molar-refractivity contribution in [3.8, 4) is 0 Å². The van der Waals surface area contributed by atoms with E-state index in [1.165, 1.54) is 11.1 Å². The maximum Gasteiger partial charge on any atom is 0.253 e. The van der Waals surface area contributed by atoms with Crippen LogP contribution in [0, 0.1) is 6.92 Å². The summed E-state index contributed by atoms with van der Waals surface area (Å²) in [6.07, 6.45) is 1.40. The predicted octanol–water partition coefficient (Wildman–Crippen LogP) is 3.94. The highest BCUT2D eigenvalue weighted by Gasteiger charge is 2.23. The Morgan fingerprint density at radius 1 is 1.20 bits per heavy atom. The van der Waals surface area contributed by atoms with Gasteiger partial charge in [0.05, 0.1) is 0 Å². The molecule has 0 saturated carbocycles. The molecule has 1 fully saturated rings. The van der Waals surface area contributed by atoms with Gasteiger partial charge in [0.15, 0.2) is 5.96 Å². The van der Waals surface area contributed by atoms with Crippen LogP contribution in [0.5, 0.6) is 0 Å². The standard InChI is InChI=1S/C23H30N4O2.HI/c1-17-9-11-18(12-10-17)16-27(3)23(24-2)25-15-19-6-4-7-20(14-19)26-22(28)21-8-5-13-29-21;/h4,6-7,9-12,14,21H,5,8,13,15-16H2,1-3H3,(H,24,25)(H,26,28);1H. The average Bonchev–Trinajstić information content (AvgIpc) is 3.26. The van der Waals surface area contributed by atoms with Crippen LogP contribution in [-0.2, 0) is 22.6 Å². The molecule has 3 rings (SSSR count). The van der Waals surface area contributed by atoms with Crippen molar-refractivity contribution >= 4 is 41.5 Å². The minimum absolute atomic E-state index is 0. The lowest BCUT2D eigenvalue weighted by atomic mass is 10.1. The zero-order valence-electron chi connectivity index (χ0n) is 17.9. The molecule has 0 aromatic heterocycles. The number of nitrogens with zero attached hydrogens (tertiary/aromatic N) is 2. The first-order valence-electron chi connectivity index (χ1n) is 10.0. The minimum atomic E-state index is -0.328. The van der Waals surface area contributed by atoms with E-state index in [0.717, 1.165) is 36.6 Å². The number of guanidine groups is 1. The fourth-order valence-corrected chi connectivity index (χ4v) is 3.37. The zero-order valence-corrected chi connectivity index (χ0v) is 20.2. The van der Waals surface area contributed by atoms with Crippen LogP contribution >= 0.6 is 24.0 Å². The average molecular weight is 522 g/mol. The predicted molar refractivity (Wildman–Crippen MR) is 132 cm³/mol. The quantitative estimate of drug-likeness (QED) is 0.343. The molecule has 2 aromatic carbocycles. The highest BCUT2D eigenvalue weighted by molar-refractivity contribution is 14.0. The van der Waals surface area contributed by atoms with Gasteiger partial charge in [-0.05, 0) is 43.0 Å². The van der Waals surface area contributed by atoms with Crippen LogP contribution in [0.25, 0.3) is 0 Å². The van der Waals surface area contributed by atoms with Crippen molar-refractivity contribution in [3.05, 3.63) is 65.2 Å². The minimum Gasteiger partial charge on any atom is -0.368 e. The van der Waals surface area contributed by atoms with E-state index in [1.54, 1.807) is 7.05 Å². The largest absolute Gasteiger partial charge is 0.368 e. The third-order valence-electron chi connectivity index (χ3n) is 4.98. The molecule has 0 bridgehead atoms. The number of halogens is 1. The van der Waals surface area contributed by atoms with Gasteiger partial charge in [0, 0.05) is 39.5 Å². The number of benzene rings is 2. The molecule has 1 amide bonds. The van der Waals surface area contributed by atoms with Crippen LogP contribution in [0.15, 0.2) is 53.5 Å². The third kappa shape index (κ3) is 6.98. The highest BCUT2D eigenvalue weighted by atomic mass is 127. The number of amides is 1. The van der Waals surface area contributed by atoms with Crippen LogP contribution in [0.4, 0.5) is 5.69 Å². The molecule has 162 valence electrons. The van der Waals surface area contributed by atoms with Crippen molar-refractivity contribution < 1.29 is 9.53 Å². The van der Waals surface area contributed by atoms with Crippen LogP contribution in [0.3, 0.4) is 0 Å². The molecule has 1 aliphatic heterocycles. The molecule has 2 aromatic rings. The Labute approximate surface area is 196 Å². The molecule has 0 radical (unpaired) electrons. The maximum atomic E-state index is 12.2. The summed E-state index contributed by atoms with van der Waals surface area (Å²) in [6.45, 7) is 4.15. The second-order valence-electron chi connectivity index (χ2n) is 7.43. The molecule has 30 heavy (non-hydrogen) atoms. The zero-order chi connectivity index (χ0) is 20.6. The van der Waals surface area contributed by atoms with Crippen molar-refractivity contribution in [3.63, 3.8) is 0 Å². The van der Waals surface area contributed by atoms with Crippen molar-refractivity contribution in [2.45, 2.75) is 39.0 Å². The summed E-state index contributed by atoms with van der Waals surface area (Å²) in [7, 11) is 3.81. The molecule has 6 nitrogen and oxygen atoms in total. The SMILES string of the molecule is CN=C(NCc1cccc(NC(=O)C2CCCO2)c1)N(C)Cc1ccc(C)cc1.I. The summed E-state index contributed by atoms with van der Waals surface area (Å²) in [5.41, 5.74) is 4.35. The van der Waals surface area contributed by atoms with E-state index in [4.69, 9.17) is 4.74 Å². The molecule has 1 atom stereocenters. The summed E-state index contributed by atoms with van der Waals surface area (Å²) in [5, 5.41) is 6.34. The first-order chi connectivity index (χ1) is 14.0. The van der Waals surface area contributed by atoms with E-state index < -0.39 is 0 Å². The molecule has 1 heterocycles. The second kappa shape index (κ2) is 11.9. The number of hydrogen-bond acceptors (Lipinski definition) is 3. The summed E-state index contributed by atoms with van der Waals surface area (Å²) in [6, 6.07) is 16.4. The van der Waals surface area contributed by atoms with Crippen molar-refractivity contribution in [2.75, 3.05) is 26.0 Å². The van der Waals surface area contributed by atoms with Crippen molar-refractivity contribution in [1.29, 1.82) is 0 Å². The van der Waals surface area contributed by atoms with Gasteiger partial charge in [-0.25, -0.2) is 0 Å². The second-order valence-corrected chi connectivity index (χ2v) is 7.43. The maximum absolute atomic E-state index is 12.2. The topological polar surface area (TPSA) is 66.0 Å². The van der Waals surface area contributed by atoms with Gasteiger partial charge in [-0.15, -0.1) is 24.0 Å². The molecule has 1 aliphatic rings. The van der Waals surface area contributed by atoms with Crippen LogP contribution in [0.2, 0.25) is 0 Å². The smallest absolute Gasteiger partial charge is 0.253 e. The van der Waals surface area contributed by atoms with E-state index >= 15 is 0 Å². The van der Waals surface area contributed by atoms with Gasteiger partial charge < -0.3 is 20.3 Å². The van der Waals surface area contributed by atoms with Gasteiger partial charge in [-0.2, -0.15) is 0 Å². The molecule has 0 aliphatic carbocycles. The normalized spacial score (nSPS) is 16.0. The molecular weight excluding hydrogens is 491 g/mol.